The van der Waals surface area contributed by atoms with Crippen LogP contribution in [0, 0.1) is 5.92 Å². The Morgan fingerprint density at radius 3 is 2.33 bits per heavy atom. The molecular weight excluding hydrogens is 351 g/mol. The standard InChI is InChI=1S/C15H31IOSi/c1-13(10-11-14(2)16)9-8-12-17-18(6,7)15(3,4)5/h11,13H,8-10,12H2,1-7H3/b14-11+/t13-/m0/s1. The number of hydrogen-bond acceptors (Lipinski definition) is 1. The van der Waals surface area contributed by atoms with Crippen molar-refractivity contribution in [1.82, 2.24) is 0 Å². The smallest absolute Gasteiger partial charge is 0.191 e. The Kier molecular flexibility index (Phi) is 8.34. The number of allylic oxidation sites excluding steroid dienone is 2. The average Bonchev–Trinajstić information content (AvgIpc) is 2.19. The highest BCUT2D eigenvalue weighted by Gasteiger charge is 2.36. The van der Waals surface area contributed by atoms with Crippen LogP contribution in [0.25, 0.3) is 0 Å². The number of halogens is 1. The predicted molar refractivity (Wildman–Crippen MR) is 93.9 cm³/mol. The highest BCUT2D eigenvalue weighted by atomic mass is 127. The van der Waals surface area contributed by atoms with Crippen LogP contribution in [0.5, 0.6) is 0 Å². The molecule has 0 fully saturated rings. The van der Waals surface area contributed by atoms with Crippen molar-refractivity contribution >= 4 is 30.9 Å². The molecule has 0 aromatic carbocycles. The molecule has 0 radical (unpaired) electrons. The molecule has 3 heteroatoms. The SMILES string of the molecule is C/C(I)=C\C[C@@H](C)CCCO[Si](C)(C)C(C)(C)C. The molecule has 1 atom stereocenters. The molecule has 0 amide bonds. The van der Waals surface area contributed by atoms with Gasteiger partial charge in [0, 0.05) is 6.61 Å². The minimum Gasteiger partial charge on any atom is -0.417 e. The van der Waals surface area contributed by atoms with Crippen LogP contribution in [-0.4, -0.2) is 14.9 Å². The topological polar surface area (TPSA) is 9.23 Å². The summed E-state index contributed by atoms with van der Waals surface area (Å²) in [5.41, 5.74) is 0. The quantitative estimate of drug-likeness (QED) is 0.291. The number of rotatable bonds is 7. The second-order valence-electron chi connectivity index (χ2n) is 6.88. The highest BCUT2D eigenvalue weighted by Crippen LogP contribution is 2.36. The second kappa shape index (κ2) is 8.05. The molecule has 108 valence electrons. The first kappa shape index (κ1) is 18.6. The summed E-state index contributed by atoms with van der Waals surface area (Å²) in [5, 5.41) is 0.333. The van der Waals surface area contributed by atoms with Gasteiger partial charge in [0.25, 0.3) is 0 Å². The average molecular weight is 382 g/mol. The minimum atomic E-state index is -1.53. The summed E-state index contributed by atoms with van der Waals surface area (Å²) in [6.07, 6.45) is 6.01. The first-order valence-electron chi connectivity index (χ1n) is 7.02. The molecule has 0 aliphatic rings. The molecule has 0 saturated carbocycles. The summed E-state index contributed by atoms with van der Waals surface area (Å²) in [7, 11) is -1.53. The van der Waals surface area contributed by atoms with Crippen LogP contribution >= 0.6 is 22.6 Å². The van der Waals surface area contributed by atoms with E-state index in [0.717, 1.165) is 12.5 Å². The Bertz CT molecular complexity index is 262. The van der Waals surface area contributed by atoms with Crippen molar-refractivity contribution in [2.75, 3.05) is 6.61 Å². The van der Waals surface area contributed by atoms with Crippen LogP contribution in [-0.2, 0) is 4.43 Å². The monoisotopic (exact) mass is 382 g/mol. The maximum absolute atomic E-state index is 6.19. The first-order valence-corrected chi connectivity index (χ1v) is 11.0. The van der Waals surface area contributed by atoms with Gasteiger partial charge in [-0.1, -0.05) is 33.8 Å². The Labute approximate surface area is 129 Å². The Balaban J connectivity index is 3.84. The van der Waals surface area contributed by atoms with Crippen molar-refractivity contribution in [3.05, 3.63) is 9.66 Å². The van der Waals surface area contributed by atoms with Crippen LogP contribution in [0.1, 0.15) is 53.9 Å². The van der Waals surface area contributed by atoms with Crippen LogP contribution in [0.3, 0.4) is 0 Å². The third-order valence-corrected chi connectivity index (χ3v) is 8.89. The van der Waals surface area contributed by atoms with Gasteiger partial charge in [-0.3, -0.25) is 0 Å². The molecule has 18 heavy (non-hydrogen) atoms. The van der Waals surface area contributed by atoms with Gasteiger partial charge in [-0.2, -0.15) is 0 Å². The fourth-order valence-electron chi connectivity index (χ4n) is 1.46. The molecule has 0 spiro atoms. The van der Waals surface area contributed by atoms with Crippen molar-refractivity contribution in [3.8, 4) is 0 Å². The van der Waals surface area contributed by atoms with Crippen LogP contribution in [0.4, 0.5) is 0 Å². The molecule has 0 bridgehead atoms. The molecule has 0 heterocycles. The van der Waals surface area contributed by atoms with Gasteiger partial charge in [0.05, 0.1) is 0 Å². The molecule has 0 saturated heterocycles. The number of hydrogen-bond donors (Lipinski definition) is 0. The molecular formula is C15H31IOSi. The van der Waals surface area contributed by atoms with Gasteiger partial charge in [0.1, 0.15) is 0 Å². The molecule has 0 aliphatic heterocycles. The van der Waals surface area contributed by atoms with Gasteiger partial charge in [0.15, 0.2) is 8.32 Å². The van der Waals surface area contributed by atoms with E-state index in [1.165, 1.54) is 22.8 Å². The van der Waals surface area contributed by atoms with Crippen molar-refractivity contribution in [2.45, 2.75) is 72.0 Å². The molecule has 1 nitrogen and oxygen atoms in total. The van der Waals surface area contributed by atoms with Crippen LogP contribution in [0.15, 0.2) is 9.66 Å². The van der Waals surface area contributed by atoms with E-state index in [-0.39, 0.29) is 0 Å². The Morgan fingerprint density at radius 2 is 1.89 bits per heavy atom. The summed E-state index contributed by atoms with van der Waals surface area (Å²) < 4.78 is 7.59. The van der Waals surface area contributed by atoms with E-state index in [1.54, 1.807) is 0 Å². The van der Waals surface area contributed by atoms with Crippen LogP contribution < -0.4 is 0 Å². The summed E-state index contributed by atoms with van der Waals surface area (Å²) in [6.45, 7) is 17.0. The lowest BCUT2D eigenvalue weighted by atomic mass is 10.0. The molecule has 0 rings (SSSR count). The fraction of sp³-hybridized carbons (Fsp3) is 0.867. The maximum Gasteiger partial charge on any atom is 0.191 e. The van der Waals surface area contributed by atoms with Gasteiger partial charge in [0.2, 0.25) is 0 Å². The Morgan fingerprint density at radius 1 is 1.33 bits per heavy atom. The fourth-order valence-corrected chi connectivity index (χ4v) is 2.80. The van der Waals surface area contributed by atoms with Gasteiger partial charge < -0.3 is 4.43 Å². The first-order chi connectivity index (χ1) is 8.06. The predicted octanol–water partition coefficient (Wildman–Crippen LogP) is 6.15. The van der Waals surface area contributed by atoms with E-state index in [4.69, 9.17) is 4.43 Å². The lowest BCUT2D eigenvalue weighted by molar-refractivity contribution is 0.270. The van der Waals surface area contributed by atoms with Crippen molar-refractivity contribution in [3.63, 3.8) is 0 Å². The normalized spacial score (nSPS) is 15.9. The zero-order valence-electron chi connectivity index (χ0n) is 13.3. The summed E-state index contributed by atoms with van der Waals surface area (Å²) in [4.78, 5) is 0. The van der Waals surface area contributed by atoms with E-state index in [0.29, 0.717) is 5.04 Å². The van der Waals surface area contributed by atoms with Crippen LogP contribution in [0.2, 0.25) is 18.1 Å². The molecule has 0 aromatic rings. The van der Waals surface area contributed by atoms with Gasteiger partial charge in [-0.25, -0.2) is 0 Å². The maximum atomic E-state index is 6.19. The van der Waals surface area contributed by atoms with E-state index >= 15 is 0 Å². The van der Waals surface area contributed by atoms with E-state index in [1.807, 2.05) is 0 Å². The van der Waals surface area contributed by atoms with Gasteiger partial charge in [-0.15, -0.1) is 0 Å². The van der Waals surface area contributed by atoms with Crippen molar-refractivity contribution in [2.24, 2.45) is 5.92 Å². The van der Waals surface area contributed by atoms with E-state index in [9.17, 15) is 0 Å². The van der Waals surface area contributed by atoms with Crippen molar-refractivity contribution < 1.29 is 4.43 Å². The van der Waals surface area contributed by atoms with E-state index in [2.05, 4.69) is 76.4 Å². The van der Waals surface area contributed by atoms with E-state index < -0.39 is 8.32 Å². The van der Waals surface area contributed by atoms with Gasteiger partial charge in [-0.05, 0) is 76.4 Å². The molecule has 0 unspecified atom stereocenters. The zero-order chi connectivity index (χ0) is 14.4. The molecule has 0 aromatic heterocycles. The largest absolute Gasteiger partial charge is 0.417 e. The minimum absolute atomic E-state index is 0.333. The third-order valence-electron chi connectivity index (χ3n) is 3.91. The summed E-state index contributed by atoms with van der Waals surface area (Å²) >= 11 is 2.38. The summed E-state index contributed by atoms with van der Waals surface area (Å²) in [6, 6.07) is 0. The zero-order valence-corrected chi connectivity index (χ0v) is 16.4. The molecule has 0 aliphatic carbocycles. The molecule has 0 N–H and O–H groups in total. The lowest BCUT2D eigenvalue weighted by Gasteiger charge is -2.36. The second-order valence-corrected chi connectivity index (χ2v) is 13.4. The lowest BCUT2D eigenvalue weighted by Crippen LogP contribution is -2.41. The third kappa shape index (κ3) is 7.95. The highest BCUT2D eigenvalue weighted by molar-refractivity contribution is 14.1. The Hall–Kier alpha value is 0.647. The van der Waals surface area contributed by atoms with Gasteiger partial charge >= 0.3 is 0 Å². The summed E-state index contributed by atoms with van der Waals surface area (Å²) in [5.74, 6) is 0.776. The van der Waals surface area contributed by atoms with Crippen molar-refractivity contribution in [1.29, 1.82) is 0 Å².